The van der Waals surface area contributed by atoms with Gasteiger partial charge in [0.1, 0.15) is 5.03 Å². The van der Waals surface area contributed by atoms with Gasteiger partial charge in [-0.25, -0.2) is 15.0 Å². The number of rotatable bonds is 6. The zero-order valence-corrected chi connectivity index (χ0v) is 19.0. The van der Waals surface area contributed by atoms with Crippen molar-refractivity contribution in [2.24, 2.45) is 0 Å². The number of carbonyl (C=O) groups excluding carboxylic acids is 2. The number of fused-ring (bicyclic) bond motifs is 1. The molecule has 11 heteroatoms. The number of hydrogen-bond acceptors (Lipinski definition) is 9. The van der Waals surface area contributed by atoms with Gasteiger partial charge in [0.15, 0.2) is 11.5 Å². The lowest BCUT2D eigenvalue weighted by Crippen LogP contribution is -2.49. The number of anilines is 2. The molecule has 10 nitrogen and oxygen atoms in total. The second-order valence-corrected chi connectivity index (χ2v) is 8.55. The van der Waals surface area contributed by atoms with E-state index in [1.807, 2.05) is 0 Å². The van der Waals surface area contributed by atoms with Crippen molar-refractivity contribution in [3.8, 4) is 11.5 Å². The van der Waals surface area contributed by atoms with Gasteiger partial charge in [-0.05, 0) is 30.3 Å². The van der Waals surface area contributed by atoms with Gasteiger partial charge < -0.3 is 24.6 Å². The van der Waals surface area contributed by atoms with E-state index in [4.69, 9.17) is 9.47 Å². The lowest BCUT2D eigenvalue weighted by Gasteiger charge is -2.34. The highest BCUT2D eigenvalue weighted by Crippen LogP contribution is 2.34. The number of ether oxygens (including phenoxy) is 2. The number of hydrogen-bond donors (Lipinski definition) is 1. The molecule has 2 aliphatic heterocycles. The third-order valence-electron chi connectivity index (χ3n) is 5.40. The smallest absolute Gasteiger partial charge is 0.256 e. The van der Waals surface area contributed by atoms with Gasteiger partial charge in [-0.15, -0.1) is 0 Å². The third-order valence-corrected chi connectivity index (χ3v) is 6.41. The first-order valence-corrected chi connectivity index (χ1v) is 11.7. The number of piperazine rings is 1. The second kappa shape index (κ2) is 9.96. The van der Waals surface area contributed by atoms with E-state index in [2.05, 4.69) is 25.2 Å². The number of nitrogens with zero attached hydrogens (tertiary/aromatic N) is 5. The molecule has 5 rings (SSSR count). The topological polar surface area (TPSA) is 110 Å². The maximum Gasteiger partial charge on any atom is 0.256 e. The van der Waals surface area contributed by atoms with E-state index in [9.17, 15) is 9.59 Å². The Morgan fingerprint density at radius 3 is 2.53 bits per heavy atom. The van der Waals surface area contributed by atoms with Crippen LogP contribution in [0.25, 0.3) is 0 Å². The van der Waals surface area contributed by atoms with Crippen molar-refractivity contribution in [2.75, 3.05) is 48.9 Å². The maximum atomic E-state index is 13.2. The average molecular weight is 479 g/mol. The summed E-state index contributed by atoms with van der Waals surface area (Å²) in [5, 5.41) is 3.37. The first-order valence-electron chi connectivity index (χ1n) is 10.8. The molecule has 1 fully saturated rings. The van der Waals surface area contributed by atoms with Gasteiger partial charge in [-0.2, -0.15) is 0 Å². The standard InChI is InChI=1S/C23H22N6O4S/c30-20(27-16-4-5-18-19(13-16)33-15-32-18)14-34-21-17(3-1-6-24-21)22(31)28-9-11-29(12-10-28)23-25-7-2-8-26-23/h1-8,13H,9-12,14-15H2,(H,27,30). The molecule has 0 spiro atoms. The van der Waals surface area contributed by atoms with Crippen LogP contribution in [0.3, 0.4) is 0 Å². The lowest BCUT2D eigenvalue weighted by atomic mass is 10.2. The third kappa shape index (κ3) is 4.88. The fourth-order valence-electron chi connectivity index (χ4n) is 3.71. The van der Waals surface area contributed by atoms with E-state index >= 15 is 0 Å². The van der Waals surface area contributed by atoms with Crippen molar-refractivity contribution in [1.82, 2.24) is 19.9 Å². The van der Waals surface area contributed by atoms with Gasteiger partial charge >= 0.3 is 0 Å². The van der Waals surface area contributed by atoms with Crippen molar-refractivity contribution < 1.29 is 19.1 Å². The molecule has 2 aromatic heterocycles. The van der Waals surface area contributed by atoms with E-state index in [1.165, 1.54) is 11.8 Å². The summed E-state index contributed by atoms with van der Waals surface area (Å²) in [5.41, 5.74) is 1.11. The maximum absolute atomic E-state index is 13.2. The Bertz CT molecular complexity index is 1190. The van der Waals surface area contributed by atoms with Gasteiger partial charge in [0.25, 0.3) is 5.91 Å². The van der Waals surface area contributed by atoms with Crippen molar-refractivity contribution in [2.45, 2.75) is 5.03 Å². The molecule has 1 N–H and O–H groups in total. The molecule has 1 aromatic carbocycles. The zero-order chi connectivity index (χ0) is 23.3. The highest BCUT2D eigenvalue weighted by molar-refractivity contribution is 8.00. The number of aromatic nitrogens is 3. The average Bonchev–Trinajstić information content (AvgIpc) is 3.36. The molecule has 1 saturated heterocycles. The number of nitrogens with one attached hydrogen (secondary N) is 1. The largest absolute Gasteiger partial charge is 0.454 e. The van der Waals surface area contributed by atoms with Crippen LogP contribution in [-0.4, -0.2) is 70.4 Å². The molecular formula is C23H22N6O4S. The summed E-state index contributed by atoms with van der Waals surface area (Å²) >= 11 is 1.23. The van der Waals surface area contributed by atoms with Gasteiger partial charge in [0.2, 0.25) is 18.6 Å². The van der Waals surface area contributed by atoms with Gasteiger partial charge in [-0.3, -0.25) is 9.59 Å². The van der Waals surface area contributed by atoms with E-state index < -0.39 is 0 Å². The Morgan fingerprint density at radius 1 is 0.941 bits per heavy atom. The molecule has 174 valence electrons. The Hall–Kier alpha value is -3.86. The molecule has 0 atom stereocenters. The van der Waals surface area contributed by atoms with Crippen LogP contribution in [0.15, 0.2) is 60.0 Å². The molecule has 34 heavy (non-hydrogen) atoms. The lowest BCUT2D eigenvalue weighted by molar-refractivity contribution is -0.113. The molecule has 0 bridgehead atoms. The van der Waals surface area contributed by atoms with Crippen LogP contribution in [0.1, 0.15) is 10.4 Å². The molecule has 0 saturated carbocycles. The van der Waals surface area contributed by atoms with E-state index in [0.29, 0.717) is 59.9 Å². The highest BCUT2D eigenvalue weighted by atomic mass is 32.2. The Balaban J connectivity index is 1.18. The van der Waals surface area contributed by atoms with Crippen LogP contribution in [0.4, 0.5) is 11.6 Å². The first-order chi connectivity index (χ1) is 16.7. The molecule has 0 unspecified atom stereocenters. The molecule has 3 aromatic rings. The summed E-state index contributed by atoms with van der Waals surface area (Å²) in [6.07, 6.45) is 5.04. The summed E-state index contributed by atoms with van der Waals surface area (Å²) in [4.78, 5) is 42.5. The minimum absolute atomic E-state index is 0.0968. The van der Waals surface area contributed by atoms with Crippen LogP contribution in [0.5, 0.6) is 11.5 Å². The predicted molar refractivity (Wildman–Crippen MR) is 126 cm³/mol. The van der Waals surface area contributed by atoms with Gasteiger partial charge in [0, 0.05) is 56.5 Å². The Morgan fingerprint density at radius 2 is 1.71 bits per heavy atom. The molecule has 0 radical (unpaired) electrons. The van der Waals surface area contributed by atoms with Crippen LogP contribution < -0.4 is 19.7 Å². The number of pyridine rings is 1. The molecule has 0 aliphatic carbocycles. The summed E-state index contributed by atoms with van der Waals surface area (Å²) in [6, 6.07) is 10.5. The fourth-order valence-corrected chi connectivity index (χ4v) is 4.49. The second-order valence-electron chi connectivity index (χ2n) is 7.59. The Labute approximate surface area is 200 Å². The van der Waals surface area contributed by atoms with Crippen LogP contribution in [-0.2, 0) is 4.79 Å². The van der Waals surface area contributed by atoms with Gasteiger partial charge in [-0.1, -0.05) is 11.8 Å². The predicted octanol–water partition coefficient (Wildman–Crippen LogP) is 2.29. The number of benzene rings is 1. The molecule has 2 amide bonds. The molecular weight excluding hydrogens is 456 g/mol. The number of thioether (sulfide) groups is 1. The summed E-state index contributed by atoms with van der Waals surface area (Å²) in [5.74, 6) is 1.74. The number of carbonyl (C=O) groups is 2. The summed E-state index contributed by atoms with van der Waals surface area (Å²) in [6.45, 7) is 2.59. The van der Waals surface area contributed by atoms with E-state index in [-0.39, 0.29) is 24.4 Å². The van der Waals surface area contributed by atoms with Crippen molar-refractivity contribution in [3.05, 3.63) is 60.6 Å². The molecule has 2 aliphatic rings. The van der Waals surface area contributed by atoms with Crippen molar-refractivity contribution in [3.63, 3.8) is 0 Å². The first kappa shape index (κ1) is 22.0. The van der Waals surface area contributed by atoms with Crippen LogP contribution in [0.2, 0.25) is 0 Å². The van der Waals surface area contributed by atoms with E-state index in [0.717, 1.165) is 0 Å². The number of amides is 2. The molecule has 4 heterocycles. The quantitative estimate of drug-likeness (QED) is 0.534. The highest BCUT2D eigenvalue weighted by Gasteiger charge is 2.25. The van der Waals surface area contributed by atoms with Crippen LogP contribution >= 0.6 is 11.8 Å². The summed E-state index contributed by atoms with van der Waals surface area (Å²) in [7, 11) is 0. The zero-order valence-electron chi connectivity index (χ0n) is 18.2. The minimum atomic E-state index is -0.204. The SMILES string of the molecule is O=C(CSc1ncccc1C(=O)N1CCN(c2ncccn2)CC1)Nc1ccc2c(c1)OCO2. The van der Waals surface area contributed by atoms with Crippen molar-refractivity contribution >= 4 is 35.2 Å². The summed E-state index contributed by atoms with van der Waals surface area (Å²) < 4.78 is 10.6. The Kier molecular flexibility index (Phi) is 6.43. The van der Waals surface area contributed by atoms with E-state index in [1.54, 1.807) is 59.9 Å². The van der Waals surface area contributed by atoms with Crippen molar-refractivity contribution in [1.29, 1.82) is 0 Å². The monoisotopic (exact) mass is 478 g/mol. The fraction of sp³-hybridized carbons (Fsp3) is 0.261. The normalized spacial score (nSPS) is 14.7. The van der Waals surface area contributed by atoms with Gasteiger partial charge in [0.05, 0.1) is 11.3 Å². The van der Waals surface area contributed by atoms with Crippen LogP contribution in [0, 0.1) is 0 Å². The minimum Gasteiger partial charge on any atom is -0.454 e.